The van der Waals surface area contributed by atoms with Gasteiger partial charge in [0, 0.05) is 26.2 Å². The Morgan fingerprint density at radius 3 is 2.45 bits per heavy atom. The zero-order valence-electron chi connectivity index (χ0n) is 10.3. The van der Waals surface area contributed by atoms with Crippen molar-refractivity contribution in [2.24, 2.45) is 0 Å². The molecule has 104 valence electrons. The lowest BCUT2D eigenvalue weighted by Gasteiger charge is -2.12. The molecule has 0 spiro atoms. The van der Waals surface area contributed by atoms with Gasteiger partial charge in [0.15, 0.2) is 0 Å². The Morgan fingerprint density at radius 1 is 1.05 bits per heavy atom. The lowest BCUT2D eigenvalue weighted by atomic mass is 9.92. The number of epoxide rings is 1. The Balaban J connectivity index is 2.01. The van der Waals surface area contributed by atoms with Crippen molar-refractivity contribution in [1.82, 2.24) is 0 Å². The SMILES string of the molecule is OCC1(c2ccccc2Cl)OC1c1ccc(Cl)cc1Cl. The summed E-state index contributed by atoms with van der Waals surface area (Å²) < 4.78 is 5.77. The molecule has 5 heteroatoms. The van der Waals surface area contributed by atoms with Crippen molar-refractivity contribution in [3.8, 4) is 0 Å². The van der Waals surface area contributed by atoms with E-state index in [4.69, 9.17) is 39.5 Å². The van der Waals surface area contributed by atoms with E-state index in [1.54, 1.807) is 18.2 Å². The molecule has 1 fully saturated rings. The van der Waals surface area contributed by atoms with Crippen LogP contribution in [0.15, 0.2) is 42.5 Å². The molecule has 2 aromatic carbocycles. The van der Waals surface area contributed by atoms with E-state index in [1.807, 2.05) is 24.3 Å². The summed E-state index contributed by atoms with van der Waals surface area (Å²) in [6.07, 6.45) is -0.322. The molecule has 2 nitrogen and oxygen atoms in total. The van der Waals surface area contributed by atoms with Crippen LogP contribution in [0.25, 0.3) is 0 Å². The molecule has 0 amide bonds. The highest BCUT2D eigenvalue weighted by Crippen LogP contribution is 2.59. The second kappa shape index (κ2) is 5.21. The first-order chi connectivity index (χ1) is 9.58. The standard InChI is InChI=1S/C15H11Cl3O2/c16-9-5-6-10(13(18)7-9)14-15(8-19,20-14)11-3-1-2-4-12(11)17/h1-7,14,19H,8H2. The topological polar surface area (TPSA) is 32.8 Å². The summed E-state index contributed by atoms with van der Waals surface area (Å²) in [4.78, 5) is 0. The average molecular weight is 330 g/mol. The zero-order valence-corrected chi connectivity index (χ0v) is 12.6. The number of aliphatic hydroxyl groups excluding tert-OH is 1. The van der Waals surface area contributed by atoms with Gasteiger partial charge in [0.1, 0.15) is 11.7 Å². The van der Waals surface area contributed by atoms with Gasteiger partial charge in [-0.15, -0.1) is 0 Å². The number of ether oxygens (including phenoxy) is 1. The van der Waals surface area contributed by atoms with Crippen LogP contribution in [0.1, 0.15) is 17.2 Å². The molecule has 1 aliphatic rings. The molecule has 3 rings (SSSR count). The van der Waals surface area contributed by atoms with Crippen LogP contribution in [-0.4, -0.2) is 11.7 Å². The molecule has 0 bridgehead atoms. The summed E-state index contributed by atoms with van der Waals surface area (Å²) in [5.41, 5.74) is 0.737. The maximum atomic E-state index is 9.76. The largest absolute Gasteiger partial charge is 0.393 e. The van der Waals surface area contributed by atoms with E-state index in [9.17, 15) is 5.11 Å². The highest BCUT2D eigenvalue weighted by molar-refractivity contribution is 6.35. The molecule has 0 saturated carbocycles. The third kappa shape index (κ3) is 2.22. The molecule has 0 aromatic heterocycles. The van der Waals surface area contributed by atoms with E-state index in [0.29, 0.717) is 15.1 Å². The maximum Gasteiger partial charge on any atom is 0.149 e. The van der Waals surface area contributed by atoms with Gasteiger partial charge in [-0.1, -0.05) is 59.1 Å². The normalized spacial score (nSPS) is 24.7. The Bertz CT molecular complexity index is 659. The highest BCUT2D eigenvalue weighted by Gasteiger charge is 2.59. The lowest BCUT2D eigenvalue weighted by molar-refractivity contribution is 0.172. The molecule has 1 saturated heterocycles. The van der Waals surface area contributed by atoms with Crippen molar-refractivity contribution in [2.75, 3.05) is 6.61 Å². The van der Waals surface area contributed by atoms with Gasteiger partial charge in [-0.2, -0.15) is 0 Å². The summed E-state index contributed by atoms with van der Waals surface area (Å²) in [6, 6.07) is 12.5. The number of hydrogen-bond acceptors (Lipinski definition) is 2. The van der Waals surface area contributed by atoms with Crippen molar-refractivity contribution < 1.29 is 9.84 Å². The van der Waals surface area contributed by atoms with Gasteiger partial charge >= 0.3 is 0 Å². The predicted molar refractivity (Wildman–Crippen MR) is 80.5 cm³/mol. The predicted octanol–water partition coefficient (Wildman–Crippen LogP) is 4.61. The number of aliphatic hydroxyl groups is 1. The fourth-order valence-corrected chi connectivity index (χ4v) is 3.22. The summed E-state index contributed by atoms with van der Waals surface area (Å²) in [5.74, 6) is 0. The second-order valence-corrected chi connectivity index (χ2v) is 5.94. The lowest BCUT2D eigenvalue weighted by Crippen LogP contribution is -2.16. The quantitative estimate of drug-likeness (QED) is 0.834. The van der Waals surface area contributed by atoms with E-state index in [-0.39, 0.29) is 12.7 Å². The Labute approximate surface area is 131 Å². The van der Waals surface area contributed by atoms with Gasteiger partial charge in [0.2, 0.25) is 0 Å². The van der Waals surface area contributed by atoms with Crippen LogP contribution in [-0.2, 0) is 10.3 Å². The average Bonchev–Trinajstić information content (AvgIpc) is 3.15. The van der Waals surface area contributed by atoms with Crippen molar-refractivity contribution in [1.29, 1.82) is 0 Å². The number of hydrogen-bond donors (Lipinski definition) is 1. The fourth-order valence-electron chi connectivity index (χ4n) is 2.42. The van der Waals surface area contributed by atoms with Gasteiger partial charge in [-0.05, 0) is 18.2 Å². The van der Waals surface area contributed by atoms with Gasteiger partial charge in [0.05, 0.1) is 6.61 Å². The molecule has 2 aromatic rings. The number of benzene rings is 2. The molecule has 2 atom stereocenters. The first-order valence-corrected chi connectivity index (χ1v) is 7.20. The van der Waals surface area contributed by atoms with Crippen LogP contribution in [0, 0.1) is 0 Å². The van der Waals surface area contributed by atoms with Gasteiger partial charge in [-0.3, -0.25) is 0 Å². The minimum absolute atomic E-state index is 0.166. The maximum absolute atomic E-state index is 9.76. The fraction of sp³-hybridized carbons (Fsp3) is 0.200. The van der Waals surface area contributed by atoms with Crippen molar-refractivity contribution in [3.63, 3.8) is 0 Å². The third-order valence-electron chi connectivity index (χ3n) is 3.50. The van der Waals surface area contributed by atoms with Crippen LogP contribution in [0.2, 0.25) is 15.1 Å². The van der Waals surface area contributed by atoms with Crippen molar-refractivity contribution in [2.45, 2.75) is 11.7 Å². The first-order valence-electron chi connectivity index (χ1n) is 6.07. The molecule has 1 aliphatic heterocycles. The molecule has 0 aliphatic carbocycles. The molecular formula is C15H11Cl3O2. The highest BCUT2D eigenvalue weighted by atomic mass is 35.5. The number of rotatable bonds is 3. The summed E-state index contributed by atoms with van der Waals surface area (Å²) in [6.45, 7) is -0.166. The van der Waals surface area contributed by atoms with Crippen LogP contribution >= 0.6 is 34.8 Å². The van der Waals surface area contributed by atoms with Gasteiger partial charge in [0.25, 0.3) is 0 Å². The number of halogens is 3. The van der Waals surface area contributed by atoms with Gasteiger partial charge in [-0.25, -0.2) is 0 Å². The van der Waals surface area contributed by atoms with E-state index >= 15 is 0 Å². The zero-order chi connectivity index (χ0) is 14.3. The van der Waals surface area contributed by atoms with E-state index in [1.165, 1.54) is 0 Å². The second-order valence-electron chi connectivity index (χ2n) is 4.69. The molecule has 1 heterocycles. The van der Waals surface area contributed by atoms with Gasteiger partial charge < -0.3 is 9.84 Å². The summed E-state index contributed by atoms with van der Waals surface area (Å²) in [7, 11) is 0. The summed E-state index contributed by atoms with van der Waals surface area (Å²) >= 11 is 18.3. The van der Waals surface area contributed by atoms with Crippen LogP contribution in [0.4, 0.5) is 0 Å². The Morgan fingerprint density at radius 2 is 1.80 bits per heavy atom. The van der Waals surface area contributed by atoms with Crippen LogP contribution in [0.5, 0.6) is 0 Å². The van der Waals surface area contributed by atoms with Crippen LogP contribution in [0.3, 0.4) is 0 Å². The summed E-state index contributed by atoms with van der Waals surface area (Å²) in [5, 5.41) is 11.4. The van der Waals surface area contributed by atoms with Crippen LogP contribution < -0.4 is 0 Å². The smallest absolute Gasteiger partial charge is 0.149 e. The minimum Gasteiger partial charge on any atom is -0.393 e. The molecule has 1 N–H and O–H groups in total. The van der Waals surface area contributed by atoms with Crippen molar-refractivity contribution >= 4 is 34.8 Å². The molecule has 2 unspecified atom stereocenters. The van der Waals surface area contributed by atoms with E-state index in [0.717, 1.165) is 11.1 Å². The van der Waals surface area contributed by atoms with E-state index < -0.39 is 5.60 Å². The van der Waals surface area contributed by atoms with Crippen molar-refractivity contribution in [3.05, 3.63) is 68.7 Å². The molecule has 20 heavy (non-hydrogen) atoms. The minimum atomic E-state index is -0.824. The molecular weight excluding hydrogens is 319 g/mol. The monoisotopic (exact) mass is 328 g/mol. The Hall–Kier alpha value is -0.770. The third-order valence-corrected chi connectivity index (χ3v) is 4.40. The van der Waals surface area contributed by atoms with E-state index in [2.05, 4.69) is 0 Å². The first kappa shape index (κ1) is 14.2. The molecule has 0 radical (unpaired) electrons. The Kier molecular flexibility index (Phi) is 3.69.